The van der Waals surface area contributed by atoms with E-state index in [1.165, 1.54) is 17.7 Å². The molecule has 0 aromatic carbocycles. The van der Waals surface area contributed by atoms with Crippen LogP contribution in [0.3, 0.4) is 0 Å². The zero-order valence-electron chi connectivity index (χ0n) is 8.85. The fraction of sp³-hybridized carbons (Fsp3) is 0.231. The molecule has 78 valence electrons. The molecule has 0 saturated carbocycles. The number of rotatable bonds is 1. The van der Waals surface area contributed by atoms with Gasteiger partial charge in [0.1, 0.15) is 17.6 Å². The van der Waals surface area contributed by atoms with E-state index in [1.54, 1.807) is 6.07 Å². The third-order valence-corrected chi connectivity index (χ3v) is 3.02. The molecule has 0 spiro atoms. The largest absolute Gasteiger partial charge is 0.293 e. The highest BCUT2D eigenvalue weighted by atomic mass is 15.1. The normalized spacial score (nSPS) is 13.4. The first-order valence-electron chi connectivity index (χ1n) is 5.45. The summed E-state index contributed by atoms with van der Waals surface area (Å²) in [6, 6.07) is 9.96. The molecule has 16 heavy (non-hydrogen) atoms. The number of hydrogen-bond acceptors (Lipinski definition) is 2. The second-order valence-corrected chi connectivity index (χ2v) is 4.00. The molecule has 1 aliphatic carbocycles. The molecule has 3 nitrogen and oxygen atoms in total. The van der Waals surface area contributed by atoms with Crippen molar-refractivity contribution in [2.45, 2.75) is 19.3 Å². The van der Waals surface area contributed by atoms with Crippen molar-refractivity contribution in [2.24, 2.45) is 0 Å². The van der Waals surface area contributed by atoms with E-state index < -0.39 is 0 Å². The first-order valence-corrected chi connectivity index (χ1v) is 5.45. The zero-order valence-corrected chi connectivity index (χ0v) is 8.85. The molecule has 0 N–H and O–H groups in total. The molecule has 0 unspecified atom stereocenters. The Morgan fingerprint density at radius 2 is 2.19 bits per heavy atom. The van der Waals surface area contributed by atoms with Gasteiger partial charge in [0.15, 0.2) is 0 Å². The average Bonchev–Trinajstić information content (AvgIpc) is 2.96. The molecule has 0 aliphatic heterocycles. The van der Waals surface area contributed by atoms with E-state index in [1.807, 2.05) is 22.9 Å². The highest BCUT2D eigenvalue weighted by Crippen LogP contribution is 2.21. The predicted molar refractivity (Wildman–Crippen MR) is 60.3 cm³/mol. The maximum Gasteiger partial charge on any atom is 0.137 e. The van der Waals surface area contributed by atoms with Gasteiger partial charge in [0.2, 0.25) is 0 Å². The van der Waals surface area contributed by atoms with Crippen molar-refractivity contribution in [3.05, 3.63) is 47.4 Å². The van der Waals surface area contributed by atoms with Crippen LogP contribution in [0.4, 0.5) is 0 Å². The van der Waals surface area contributed by atoms with E-state index in [0.717, 1.165) is 18.7 Å². The monoisotopic (exact) mass is 209 g/mol. The number of nitrogens with zero attached hydrogens (tertiary/aromatic N) is 3. The van der Waals surface area contributed by atoms with Crippen LogP contribution in [0.1, 0.15) is 23.4 Å². The topological polar surface area (TPSA) is 41.6 Å². The lowest BCUT2D eigenvalue weighted by Crippen LogP contribution is -2.01. The fourth-order valence-corrected chi connectivity index (χ4v) is 2.21. The summed E-state index contributed by atoms with van der Waals surface area (Å²) in [4.78, 5) is 4.62. The van der Waals surface area contributed by atoms with Crippen molar-refractivity contribution >= 4 is 0 Å². The van der Waals surface area contributed by atoms with Gasteiger partial charge < -0.3 is 0 Å². The number of aryl methyl sites for hydroxylation is 2. The van der Waals surface area contributed by atoms with Gasteiger partial charge in [-0.05, 0) is 43.0 Å². The van der Waals surface area contributed by atoms with Crippen molar-refractivity contribution < 1.29 is 0 Å². The Morgan fingerprint density at radius 1 is 1.25 bits per heavy atom. The summed E-state index contributed by atoms with van der Waals surface area (Å²) in [5.74, 6) is 0.849. The molecule has 0 radical (unpaired) electrons. The van der Waals surface area contributed by atoms with Crippen molar-refractivity contribution in [3.8, 4) is 11.9 Å². The maximum atomic E-state index is 8.96. The summed E-state index contributed by atoms with van der Waals surface area (Å²) in [5, 5.41) is 8.96. The fourth-order valence-electron chi connectivity index (χ4n) is 2.21. The van der Waals surface area contributed by atoms with Gasteiger partial charge in [0.25, 0.3) is 0 Å². The minimum atomic E-state index is 0.630. The molecule has 0 bridgehead atoms. The second kappa shape index (κ2) is 3.49. The van der Waals surface area contributed by atoms with E-state index in [0.29, 0.717) is 5.69 Å². The summed E-state index contributed by atoms with van der Waals surface area (Å²) in [6.45, 7) is 0. The summed E-state index contributed by atoms with van der Waals surface area (Å²) < 4.78 is 1.83. The molecule has 3 rings (SSSR count). The molecule has 0 atom stereocenters. The van der Waals surface area contributed by atoms with Crippen LogP contribution in [-0.2, 0) is 12.8 Å². The minimum Gasteiger partial charge on any atom is -0.293 e. The average molecular weight is 209 g/mol. The number of nitriles is 1. The van der Waals surface area contributed by atoms with Gasteiger partial charge in [-0.1, -0.05) is 6.07 Å². The van der Waals surface area contributed by atoms with Gasteiger partial charge in [-0.15, -0.1) is 0 Å². The Morgan fingerprint density at radius 3 is 3.06 bits per heavy atom. The van der Waals surface area contributed by atoms with Gasteiger partial charge in [0.05, 0.1) is 0 Å². The molecule has 3 heteroatoms. The van der Waals surface area contributed by atoms with Crippen LogP contribution in [0.5, 0.6) is 0 Å². The Bertz CT molecular complexity index is 575. The molecule has 2 heterocycles. The smallest absolute Gasteiger partial charge is 0.137 e. The van der Waals surface area contributed by atoms with Crippen LogP contribution in [0.15, 0.2) is 30.5 Å². The van der Waals surface area contributed by atoms with Crippen LogP contribution in [0, 0.1) is 11.3 Å². The standard InChI is InChI=1S/C13H11N3/c14-9-11-4-2-8-16(11)13-7-6-10-3-1-5-12(10)15-13/h2,4,6-8H,1,3,5H2. The van der Waals surface area contributed by atoms with E-state index >= 15 is 0 Å². The summed E-state index contributed by atoms with van der Waals surface area (Å²) in [5.41, 5.74) is 3.18. The lowest BCUT2D eigenvalue weighted by molar-refractivity contribution is 0.890. The predicted octanol–water partition coefficient (Wildman–Crippen LogP) is 2.23. The van der Waals surface area contributed by atoms with Crippen LogP contribution < -0.4 is 0 Å². The van der Waals surface area contributed by atoms with Gasteiger partial charge >= 0.3 is 0 Å². The highest BCUT2D eigenvalue weighted by molar-refractivity contribution is 5.38. The van der Waals surface area contributed by atoms with Gasteiger partial charge in [-0.2, -0.15) is 5.26 Å². The molecule has 0 amide bonds. The van der Waals surface area contributed by atoms with Crippen LogP contribution >= 0.6 is 0 Å². The lowest BCUT2D eigenvalue weighted by Gasteiger charge is -2.06. The molecule has 2 aromatic rings. The highest BCUT2D eigenvalue weighted by Gasteiger charge is 2.13. The number of hydrogen-bond donors (Lipinski definition) is 0. The van der Waals surface area contributed by atoms with E-state index in [9.17, 15) is 0 Å². The third-order valence-electron chi connectivity index (χ3n) is 3.02. The molecule has 2 aromatic heterocycles. The van der Waals surface area contributed by atoms with Crippen molar-refractivity contribution in [1.29, 1.82) is 5.26 Å². The van der Waals surface area contributed by atoms with Crippen molar-refractivity contribution in [3.63, 3.8) is 0 Å². The summed E-state index contributed by atoms with van der Waals surface area (Å²) in [6.07, 6.45) is 5.27. The second-order valence-electron chi connectivity index (χ2n) is 4.00. The van der Waals surface area contributed by atoms with Crippen LogP contribution in [-0.4, -0.2) is 9.55 Å². The summed E-state index contributed by atoms with van der Waals surface area (Å²) >= 11 is 0. The Labute approximate surface area is 94.0 Å². The maximum absolute atomic E-state index is 8.96. The van der Waals surface area contributed by atoms with Gasteiger partial charge in [-0.3, -0.25) is 4.57 Å². The Hall–Kier alpha value is -2.08. The SMILES string of the molecule is N#Cc1cccn1-c1ccc2c(n1)CCC2. The van der Waals surface area contributed by atoms with E-state index in [2.05, 4.69) is 17.1 Å². The molecule has 0 saturated heterocycles. The Kier molecular flexibility index (Phi) is 2.00. The van der Waals surface area contributed by atoms with Crippen molar-refractivity contribution in [1.82, 2.24) is 9.55 Å². The third kappa shape index (κ3) is 1.31. The van der Waals surface area contributed by atoms with Crippen LogP contribution in [0.2, 0.25) is 0 Å². The summed E-state index contributed by atoms with van der Waals surface area (Å²) in [7, 11) is 0. The van der Waals surface area contributed by atoms with Crippen molar-refractivity contribution in [2.75, 3.05) is 0 Å². The van der Waals surface area contributed by atoms with E-state index in [-0.39, 0.29) is 0 Å². The quantitative estimate of drug-likeness (QED) is 0.722. The van der Waals surface area contributed by atoms with Gasteiger partial charge in [0, 0.05) is 11.9 Å². The number of aromatic nitrogens is 2. The molecule has 1 aliphatic rings. The van der Waals surface area contributed by atoms with E-state index in [4.69, 9.17) is 5.26 Å². The molecular formula is C13H11N3. The number of pyridine rings is 1. The van der Waals surface area contributed by atoms with Crippen LogP contribution in [0.25, 0.3) is 5.82 Å². The minimum absolute atomic E-state index is 0.630. The first-order chi connectivity index (χ1) is 7.88. The lowest BCUT2D eigenvalue weighted by atomic mass is 10.2. The molecule has 0 fully saturated rings. The molecular weight excluding hydrogens is 198 g/mol. The Balaban J connectivity index is 2.11. The van der Waals surface area contributed by atoms with Gasteiger partial charge in [-0.25, -0.2) is 4.98 Å². The number of fused-ring (bicyclic) bond motifs is 1. The zero-order chi connectivity index (χ0) is 11.0. The first kappa shape index (κ1) is 9.17.